The minimum atomic E-state index is 0.718. The summed E-state index contributed by atoms with van der Waals surface area (Å²) in [7, 11) is 4.28. The molecule has 1 fully saturated rings. The van der Waals surface area contributed by atoms with Gasteiger partial charge in [0.2, 0.25) is 0 Å². The first kappa shape index (κ1) is 11.0. The molecule has 3 nitrogen and oxygen atoms in total. The molecule has 0 radical (unpaired) electrons. The molecule has 0 spiro atoms. The van der Waals surface area contributed by atoms with E-state index >= 15 is 0 Å². The molecule has 0 aromatic carbocycles. The van der Waals surface area contributed by atoms with Crippen molar-refractivity contribution in [2.75, 3.05) is 46.8 Å². The molecule has 0 saturated carbocycles. The third-order valence-electron chi connectivity index (χ3n) is 2.69. The molecule has 0 amide bonds. The molecular formula is C10H23N3. The average molecular weight is 185 g/mol. The zero-order valence-corrected chi connectivity index (χ0v) is 9.21. The van der Waals surface area contributed by atoms with Gasteiger partial charge in [-0.25, -0.2) is 0 Å². The van der Waals surface area contributed by atoms with Crippen molar-refractivity contribution < 1.29 is 0 Å². The SMILES string of the molecule is C[C@@H]1CNCCN1CCCN(C)C. The van der Waals surface area contributed by atoms with Crippen molar-refractivity contribution in [2.24, 2.45) is 0 Å². The van der Waals surface area contributed by atoms with Crippen LogP contribution in [0.25, 0.3) is 0 Å². The van der Waals surface area contributed by atoms with Crippen LogP contribution in [0.15, 0.2) is 0 Å². The highest BCUT2D eigenvalue weighted by molar-refractivity contribution is 4.75. The monoisotopic (exact) mass is 185 g/mol. The maximum Gasteiger partial charge on any atom is 0.0192 e. The summed E-state index contributed by atoms with van der Waals surface area (Å²) in [5.74, 6) is 0. The predicted molar refractivity (Wildman–Crippen MR) is 57.1 cm³/mol. The van der Waals surface area contributed by atoms with Gasteiger partial charge in [-0.1, -0.05) is 0 Å². The summed E-state index contributed by atoms with van der Waals surface area (Å²) in [5.41, 5.74) is 0. The molecule has 0 aromatic rings. The maximum absolute atomic E-state index is 3.41. The Balaban J connectivity index is 2.11. The van der Waals surface area contributed by atoms with E-state index in [0.29, 0.717) is 0 Å². The molecule has 0 bridgehead atoms. The van der Waals surface area contributed by atoms with Crippen LogP contribution < -0.4 is 5.32 Å². The minimum Gasteiger partial charge on any atom is -0.314 e. The third-order valence-corrected chi connectivity index (χ3v) is 2.69. The van der Waals surface area contributed by atoms with Crippen molar-refractivity contribution in [1.29, 1.82) is 0 Å². The normalized spacial score (nSPS) is 25.4. The summed E-state index contributed by atoms with van der Waals surface area (Å²) in [6.45, 7) is 8.29. The number of hydrogen-bond donors (Lipinski definition) is 1. The lowest BCUT2D eigenvalue weighted by Crippen LogP contribution is -2.50. The van der Waals surface area contributed by atoms with E-state index in [2.05, 4.69) is 36.1 Å². The lowest BCUT2D eigenvalue weighted by atomic mass is 10.2. The summed E-state index contributed by atoms with van der Waals surface area (Å²) >= 11 is 0. The second-order valence-electron chi connectivity index (χ2n) is 4.25. The molecule has 1 atom stereocenters. The van der Waals surface area contributed by atoms with Crippen LogP contribution in [0.4, 0.5) is 0 Å². The van der Waals surface area contributed by atoms with E-state index in [9.17, 15) is 0 Å². The average Bonchev–Trinajstić information content (AvgIpc) is 2.08. The predicted octanol–water partition coefficient (Wildman–Crippen LogP) is 0.232. The van der Waals surface area contributed by atoms with Crippen molar-refractivity contribution in [3.05, 3.63) is 0 Å². The number of rotatable bonds is 4. The summed E-state index contributed by atoms with van der Waals surface area (Å²) in [6.07, 6.45) is 1.29. The fourth-order valence-corrected chi connectivity index (χ4v) is 1.81. The molecule has 0 unspecified atom stereocenters. The minimum absolute atomic E-state index is 0.718. The van der Waals surface area contributed by atoms with Crippen LogP contribution in [-0.4, -0.2) is 62.7 Å². The highest BCUT2D eigenvalue weighted by Gasteiger charge is 2.16. The van der Waals surface area contributed by atoms with Gasteiger partial charge in [-0.2, -0.15) is 0 Å². The van der Waals surface area contributed by atoms with E-state index in [0.717, 1.165) is 19.1 Å². The largest absolute Gasteiger partial charge is 0.314 e. The first-order valence-corrected chi connectivity index (χ1v) is 5.29. The van der Waals surface area contributed by atoms with Crippen LogP contribution in [0.3, 0.4) is 0 Å². The Labute approximate surface area is 82.1 Å². The van der Waals surface area contributed by atoms with Crippen LogP contribution in [0.5, 0.6) is 0 Å². The molecule has 1 aliphatic rings. The molecule has 3 heteroatoms. The fraction of sp³-hybridized carbons (Fsp3) is 1.00. The van der Waals surface area contributed by atoms with Gasteiger partial charge >= 0.3 is 0 Å². The molecule has 78 valence electrons. The number of piperazine rings is 1. The van der Waals surface area contributed by atoms with Gasteiger partial charge in [0.1, 0.15) is 0 Å². The smallest absolute Gasteiger partial charge is 0.0192 e. The van der Waals surface area contributed by atoms with Gasteiger partial charge in [-0.05, 0) is 40.5 Å². The quantitative estimate of drug-likeness (QED) is 0.676. The zero-order chi connectivity index (χ0) is 9.68. The van der Waals surface area contributed by atoms with Crippen LogP contribution in [0, 0.1) is 0 Å². The van der Waals surface area contributed by atoms with Crippen LogP contribution in [0.1, 0.15) is 13.3 Å². The molecule has 0 aromatic heterocycles. The topological polar surface area (TPSA) is 18.5 Å². The van der Waals surface area contributed by atoms with E-state index in [4.69, 9.17) is 0 Å². The Bertz CT molecular complexity index is 136. The molecule has 1 heterocycles. The first-order valence-electron chi connectivity index (χ1n) is 5.29. The van der Waals surface area contributed by atoms with Gasteiger partial charge in [0.25, 0.3) is 0 Å². The molecule has 0 aliphatic carbocycles. The van der Waals surface area contributed by atoms with Crippen molar-refractivity contribution in [2.45, 2.75) is 19.4 Å². The lowest BCUT2D eigenvalue weighted by molar-refractivity contribution is 0.166. The van der Waals surface area contributed by atoms with Crippen LogP contribution >= 0.6 is 0 Å². The molecular weight excluding hydrogens is 162 g/mol. The first-order chi connectivity index (χ1) is 6.20. The van der Waals surface area contributed by atoms with Crippen molar-refractivity contribution >= 4 is 0 Å². The van der Waals surface area contributed by atoms with Crippen LogP contribution in [-0.2, 0) is 0 Å². The van der Waals surface area contributed by atoms with Gasteiger partial charge in [0.05, 0.1) is 0 Å². The summed E-state index contributed by atoms with van der Waals surface area (Å²) in [4.78, 5) is 4.84. The highest BCUT2D eigenvalue weighted by atomic mass is 15.2. The Kier molecular flexibility index (Phi) is 4.70. The van der Waals surface area contributed by atoms with Gasteiger partial charge in [-0.15, -0.1) is 0 Å². The second kappa shape index (κ2) is 5.58. The van der Waals surface area contributed by atoms with Crippen molar-refractivity contribution in [3.63, 3.8) is 0 Å². The van der Waals surface area contributed by atoms with E-state index in [1.165, 1.54) is 26.1 Å². The van der Waals surface area contributed by atoms with E-state index in [1.54, 1.807) is 0 Å². The highest BCUT2D eigenvalue weighted by Crippen LogP contribution is 2.02. The van der Waals surface area contributed by atoms with Crippen LogP contribution in [0.2, 0.25) is 0 Å². The van der Waals surface area contributed by atoms with E-state index < -0.39 is 0 Å². The fourth-order valence-electron chi connectivity index (χ4n) is 1.81. The molecule has 1 rings (SSSR count). The molecule has 1 aliphatic heterocycles. The second-order valence-corrected chi connectivity index (χ2v) is 4.25. The molecule has 1 N–H and O–H groups in total. The van der Waals surface area contributed by atoms with Gasteiger partial charge < -0.3 is 10.2 Å². The zero-order valence-electron chi connectivity index (χ0n) is 9.21. The Morgan fingerprint density at radius 2 is 2.23 bits per heavy atom. The number of hydrogen-bond acceptors (Lipinski definition) is 3. The van der Waals surface area contributed by atoms with E-state index in [1.807, 2.05) is 0 Å². The van der Waals surface area contributed by atoms with Gasteiger partial charge in [0, 0.05) is 25.7 Å². The Morgan fingerprint density at radius 1 is 1.46 bits per heavy atom. The Morgan fingerprint density at radius 3 is 2.85 bits per heavy atom. The van der Waals surface area contributed by atoms with Crippen molar-refractivity contribution in [1.82, 2.24) is 15.1 Å². The standard InChI is InChI=1S/C10H23N3/c1-10-9-11-5-8-13(10)7-4-6-12(2)3/h10-11H,4-9H2,1-3H3/t10-/m1/s1. The maximum atomic E-state index is 3.41. The lowest BCUT2D eigenvalue weighted by Gasteiger charge is -2.34. The van der Waals surface area contributed by atoms with Gasteiger partial charge in [0.15, 0.2) is 0 Å². The summed E-state index contributed by atoms with van der Waals surface area (Å²) in [6, 6.07) is 0.718. The summed E-state index contributed by atoms with van der Waals surface area (Å²) < 4.78 is 0. The molecule has 13 heavy (non-hydrogen) atoms. The number of nitrogens with zero attached hydrogens (tertiary/aromatic N) is 2. The van der Waals surface area contributed by atoms with Crippen molar-refractivity contribution in [3.8, 4) is 0 Å². The summed E-state index contributed by atoms with van der Waals surface area (Å²) in [5, 5.41) is 3.41. The Hall–Kier alpha value is -0.120. The number of nitrogens with one attached hydrogen (secondary N) is 1. The third kappa shape index (κ3) is 4.07. The van der Waals surface area contributed by atoms with Gasteiger partial charge in [-0.3, -0.25) is 4.90 Å². The molecule has 1 saturated heterocycles. The van der Waals surface area contributed by atoms with E-state index in [-0.39, 0.29) is 0 Å².